The molecule has 4 nitrogen and oxygen atoms in total. The molecule has 5 heteroatoms. The van der Waals surface area contributed by atoms with Gasteiger partial charge in [-0.15, -0.1) is 0 Å². The van der Waals surface area contributed by atoms with Crippen LogP contribution in [0.4, 0.5) is 0 Å². The first-order chi connectivity index (χ1) is 9.53. The summed E-state index contributed by atoms with van der Waals surface area (Å²) in [6.45, 7) is 2.61. The third kappa shape index (κ3) is 4.07. The van der Waals surface area contributed by atoms with Crippen LogP contribution in [0.1, 0.15) is 30.4 Å². The fraction of sp³-hybridized carbons (Fsp3) is 0.467. The van der Waals surface area contributed by atoms with Gasteiger partial charge in [0.05, 0.1) is 11.4 Å². The number of hydrogen-bond acceptors (Lipinski definition) is 3. The number of nitrogens with two attached hydrogens (primary N) is 1. The topological polar surface area (TPSA) is 72.2 Å². The average Bonchev–Trinajstić information content (AvgIpc) is 3.20. The lowest BCUT2D eigenvalue weighted by atomic mass is 10.1. The van der Waals surface area contributed by atoms with Crippen molar-refractivity contribution in [3.05, 3.63) is 29.3 Å². The maximum Gasteiger partial charge on any atom is 0.241 e. The zero-order valence-electron chi connectivity index (χ0n) is 11.6. The van der Waals surface area contributed by atoms with Crippen LogP contribution < -0.4 is 10.5 Å². The second-order valence-corrected chi connectivity index (χ2v) is 6.87. The van der Waals surface area contributed by atoms with Gasteiger partial charge in [0.1, 0.15) is 0 Å². The van der Waals surface area contributed by atoms with Gasteiger partial charge in [0.25, 0.3) is 0 Å². The van der Waals surface area contributed by atoms with E-state index < -0.39 is 10.0 Å². The monoisotopic (exact) mass is 292 g/mol. The van der Waals surface area contributed by atoms with Gasteiger partial charge in [-0.3, -0.25) is 0 Å². The van der Waals surface area contributed by atoms with Gasteiger partial charge >= 0.3 is 0 Å². The molecule has 2 rings (SSSR count). The summed E-state index contributed by atoms with van der Waals surface area (Å²) in [6, 6.07) is 5.16. The normalized spacial score (nSPS) is 14.7. The highest BCUT2D eigenvalue weighted by molar-refractivity contribution is 7.89. The van der Waals surface area contributed by atoms with Crippen LogP contribution in [0.5, 0.6) is 0 Å². The first kappa shape index (κ1) is 15.0. The van der Waals surface area contributed by atoms with Crippen molar-refractivity contribution in [3.8, 4) is 11.8 Å². The van der Waals surface area contributed by atoms with Crippen molar-refractivity contribution in [1.29, 1.82) is 0 Å². The average molecular weight is 292 g/mol. The Morgan fingerprint density at radius 2 is 2.15 bits per heavy atom. The fourth-order valence-corrected chi connectivity index (χ4v) is 3.19. The number of sulfonamides is 1. The molecule has 1 aliphatic rings. The van der Waals surface area contributed by atoms with Crippen molar-refractivity contribution in [3.63, 3.8) is 0 Å². The number of rotatable bonds is 5. The molecular weight excluding hydrogens is 272 g/mol. The van der Waals surface area contributed by atoms with Crippen molar-refractivity contribution >= 4 is 10.0 Å². The van der Waals surface area contributed by atoms with Crippen LogP contribution in [0.2, 0.25) is 0 Å². The molecule has 1 aliphatic carbocycles. The van der Waals surface area contributed by atoms with Gasteiger partial charge in [-0.1, -0.05) is 30.7 Å². The highest BCUT2D eigenvalue weighted by Gasteiger charge is 2.23. The predicted octanol–water partition coefficient (Wildman–Crippen LogP) is 1.38. The Kier molecular flexibility index (Phi) is 4.81. The summed E-state index contributed by atoms with van der Waals surface area (Å²) in [6.07, 6.45) is 3.36. The molecule has 1 aromatic rings. The number of hydrogen-bond donors (Lipinski definition) is 2. The molecule has 1 aromatic carbocycles. The lowest BCUT2D eigenvalue weighted by Gasteiger charge is -2.09. The van der Waals surface area contributed by atoms with Gasteiger partial charge < -0.3 is 5.73 Å². The summed E-state index contributed by atoms with van der Waals surface area (Å²) in [4.78, 5) is 0.236. The second kappa shape index (κ2) is 6.40. The zero-order chi connectivity index (χ0) is 14.6. The Bertz CT molecular complexity index is 638. The third-order valence-electron chi connectivity index (χ3n) is 3.29. The number of aryl methyl sites for hydroxylation is 1. The molecule has 20 heavy (non-hydrogen) atoms. The van der Waals surface area contributed by atoms with Gasteiger partial charge in [-0.2, -0.15) is 0 Å². The molecule has 0 bridgehead atoms. The van der Waals surface area contributed by atoms with Crippen LogP contribution in [0, 0.1) is 24.7 Å². The van der Waals surface area contributed by atoms with E-state index in [9.17, 15) is 8.42 Å². The third-order valence-corrected chi connectivity index (χ3v) is 4.81. The maximum atomic E-state index is 12.3. The highest BCUT2D eigenvalue weighted by atomic mass is 32.2. The minimum atomic E-state index is -3.50. The second-order valence-electron chi connectivity index (χ2n) is 5.14. The molecule has 0 aromatic heterocycles. The molecular formula is C15H20N2O2S. The molecule has 1 fully saturated rings. The Hall–Kier alpha value is -1.35. The van der Waals surface area contributed by atoms with Crippen LogP contribution in [-0.4, -0.2) is 21.5 Å². The van der Waals surface area contributed by atoms with E-state index >= 15 is 0 Å². The minimum Gasteiger partial charge on any atom is -0.320 e. The summed E-state index contributed by atoms with van der Waals surface area (Å²) >= 11 is 0. The van der Waals surface area contributed by atoms with Crippen LogP contribution in [0.25, 0.3) is 0 Å². The lowest BCUT2D eigenvalue weighted by molar-refractivity contribution is 0.575. The number of benzene rings is 1. The standard InChI is InChI=1S/C15H20N2O2S/c1-12-4-7-15(14(11-12)3-2-9-16)20(18,19)17-10-8-13-5-6-13/h4,7,11,13,17H,5-6,8-10,16H2,1H3. The van der Waals surface area contributed by atoms with Crippen LogP contribution in [0.3, 0.4) is 0 Å². The molecule has 0 saturated heterocycles. The first-order valence-electron chi connectivity index (χ1n) is 6.82. The SMILES string of the molecule is Cc1ccc(S(=O)(=O)NCCC2CC2)c(C#CCN)c1. The van der Waals surface area contributed by atoms with Crippen molar-refractivity contribution in [1.82, 2.24) is 4.72 Å². The molecule has 0 amide bonds. The van der Waals surface area contributed by atoms with Crippen LogP contribution in [0.15, 0.2) is 23.1 Å². The van der Waals surface area contributed by atoms with E-state index in [1.165, 1.54) is 12.8 Å². The van der Waals surface area contributed by atoms with Crippen molar-refractivity contribution in [2.75, 3.05) is 13.1 Å². The summed E-state index contributed by atoms with van der Waals surface area (Å²) in [5.41, 5.74) is 6.84. The fourth-order valence-electron chi connectivity index (χ4n) is 2.00. The zero-order valence-corrected chi connectivity index (χ0v) is 12.5. The van der Waals surface area contributed by atoms with Crippen LogP contribution in [-0.2, 0) is 10.0 Å². The Balaban J connectivity index is 2.19. The van der Waals surface area contributed by atoms with Crippen molar-refractivity contribution < 1.29 is 8.42 Å². The highest BCUT2D eigenvalue weighted by Crippen LogP contribution is 2.31. The summed E-state index contributed by atoms with van der Waals surface area (Å²) < 4.78 is 27.3. The molecule has 1 saturated carbocycles. The Labute approximate surface area is 120 Å². The number of nitrogens with one attached hydrogen (secondary N) is 1. The molecule has 3 N–H and O–H groups in total. The lowest BCUT2D eigenvalue weighted by Crippen LogP contribution is -2.25. The molecule has 0 heterocycles. The van der Waals surface area contributed by atoms with Gasteiger partial charge in [-0.05, 0) is 37.0 Å². The summed E-state index contributed by atoms with van der Waals surface area (Å²) in [5.74, 6) is 6.25. The van der Waals surface area contributed by atoms with E-state index in [1.54, 1.807) is 18.2 Å². The minimum absolute atomic E-state index is 0.211. The van der Waals surface area contributed by atoms with E-state index in [2.05, 4.69) is 16.6 Å². The van der Waals surface area contributed by atoms with Crippen molar-refractivity contribution in [2.24, 2.45) is 11.7 Å². The molecule has 0 aliphatic heterocycles. The Morgan fingerprint density at radius 1 is 1.40 bits per heavy atom. The van der Waals surface area contributed by atoms with Gasteiger partial charge in [-0.25, -0.2) is 13.1 Å². The molecule has 108 valence electrons. The van der Waals surface area contributed by atoms with Gasteiger partial charge in [0, 0.05) is 12.1 Å². The Morgan fingerprint density at radius 3 is 2.80 bits per heavy atom. The first-order valence-corrected chi connectivity index (χ1v) is 8.30. The van der Waals surface area contributed by atoms with E-state index in [-0.39, 0.29) is 11.4 Å². The quantitative estimate of drug-likeness (QED) is 0.805. The summed E-state index contributed by atoms with van der Waals surface area (Å²) in [7, 11) is -3.50. The molecule has 0 unspecified atom stereocenters. The summed E-state index contributed by atoms with van der Waals surface area (Å²) in [5, 5.41) is 0. The van der Waals surface area contributed by atoms with Gasteiger partial charge in [0.15, 0.2) is 0 Å². The van der Waals surface area contributed by atoms with E-state index in [4.69, 9.17) is 5.73 Å². The predicted molar refractivity (Wildman–Crippen MR) is 79.6 cm³/mol. The van der Waals surface area contributed by atoms with Gasteiger partial charge in [0.2, 0.25) is 10.0 Å². The van der Waals surface area contributed by atoms with E-state index in [1.807, 2.05) is 6.92 Å². The van der Waals surface area contributed by atoms with Crippen molar-refractivity contribution in [2.45, 2.75) is 31.1 Å². The maximum absolute atomic E-state index is 12.3. The smallest absolute Gasteiger partial charge is 0.241 e. The van der Waals surface area contributed by atoms with E-state index in [0.717, 1.165) is 12.0 Å². The van der Waals surface area contributed by atoms with E-state index in [0.29, 0.717) is 18.0 Å². The largest absolute Gasteiger partial charge is 0.320 e. The van der Waals surface area contributed by atoms with Crippen LogP contribution >= 0.6 is 0 Å². The molecule has 0 radical (unpaired) electrons. The molecule has 0 spiro atoms. The molecule has 0 atom stereocenters.